The molecule has 0 fully saturated rings. The fourth-order valence-corrected chi connectivity index (χ4v) is 2.13. The molecule has 0 aliphatic carbocycles. The molecule has 0 radical (unpaired) electrons. The monoisotopic (exact) mass is 280 g/mol. The smallest absolute Gasteiger partial charge is 0.227 e. The van der Waals surface area contributed by atoms with Crippen molar-refractivity contribution in [2.45, 2.75) is 0 Å². The van der Waals surface area contributed by atoms with Gasteiger partial charge in [0.2, 0.25) is 5.89 Å². The molecule has 0 bridgehead atoms. The molecule has 21 heavy (non-hydrogen) atoms. The Balaban J connectivity index is 1.81. The van der Waals surface area contributed by atoms with Crippen molar-refractivity contribution in [1.29, 1.82) is 0 Å². The number of nitrogens with zero attached hydrogens (tertiary/aromatic N) is 4. The lowest BCUT2D eigenvalue weighted by Crippen LogP contribution is -1.88. The van der Waals surface area contributed by atoms with Crippen LogP contribution in [0.2, 0.25) is 0 Å². The number of halogens is 1. The van der Waals surface area contributed by atoms with Gasteiger partial charge in [-0.15, -0.1) is 10.2 Å². The van der Waals surface area contributed by atoms with Crippen molar-refractivity contribution in [3.8, 4) is 17.1 Å². The van der Waals surface area contributed by atoms with E-state index in [1.165, 1.54) is 12.1 Å². The molecule has 6 heteroatoms. The second kappa shape index (κ2) is 4.52. The molecule has 0 saturated carbocycles. The van der Waals surface area contributed by atoms with Gasteiger partial charge in [-0.2, -0.15) is 0 Å². The number of fused-ring (bicyclic) bond motifs is 1. The van der Waals surface area contributed by atoms with Crippen molar-refractivity contribution in [2.24, 2.45) is 0 Å². The van der Waals surface area contributed by atoms with Gasteiger partial charge in [0.15, 0.2) is 5.58 Å². The van der Waals surface area contributed by atoms with Crippen LogP contribution in [-0.4, -0.2) is 19.7 Å². The minimum Gasteiger partial charge on any atom is -0.436 e. The van der Waals surface area contributed by atoms with Crippen LogP contribution < -0.4 is 0 Å². The minimum atomic E-state index is -0.287. The number of aromatic nitrogens is 4. The third-order valence-corrected chi connectivity index (χ3v) is 3.18. The van der Waals surface area contributed by atoms with E-state index in [9.17, 15) is 4.39 Å². The molecule has 4 aromatic rings. The Hall–Kier alpha value is -3.02. The van der Waals surface area contributed by atoms with E-state index in [0.717, 1.165) is 16.8 Å². The number of oxazole rings is 1. The molecule has 0 unspecified atom stereocenters. The lowest BCUT2D eigenvalue weighted by Gasteiger charge is -1.98. The normalized spacial score (nSPS) is 11.1. The Labute approximate surface area is 118 Å². The quantitative estimate of drug-likeness (QED) is 0.565. The molecule has 4 rings (SSSR count). The predicted molar refractivity (Wildman–Crippen MR) is 74.3 cm³/mol. The average molecular weight is 280 g/mol. The van der Waals surface area contributed by atoms with Gasteiger partial charge < -0.3 is 4.42 Å². The maximum Gasteiger partial charge on any atom is 0.227 e. The highest BCUT2D eigenvalue weighted by molar-refractivity contribution is 5.78. The fraction of sp³-hybridized carbons (Fsp3) is 0. The van der Waals surface area contributed by atoms with E-state index >= 15 is 0 Å². The molecule has 0 spiro atoms. The molecule has 5 nitrogen and oxygen atoms in total. The van der Waals surface area contributed by atoms with Crippen LogP contribution in [0.4, 0.5) is 4.39 Å². The minimum absolute atomic E-state index is 0.287. The molecule has 0 N–H and O–H groups in total. The Kier molecular flexibility index (Phi) is 2.53. The van der Waals surface area contributed by atoms with Crippen LogP contribution in [0.5, 0.6) is 0 Å². The van der Waals surface area contributed by atoms with E-state index < -0.39 is 0 Å². The van der Waals surface area contributed by atoms with E-state index in [1.54, 1.807) is 29.4 Å². The Bertz CT molecular complexity index is 897. The van der Waals surface area contributed by atoms with Gasteiger partial charge in [0.25, 0.3) is 0 Å². The topological polar surface area (TPSA) is 56.7 Å². The lowest BCUT2D eigenvalue weighted by molar-refractivity contribution is 0.616. The van der Waals surface area contributed by atoms with Crippen molar-refractivity contribution >= 4 is 11.1 Å². The highest BCUT2D eigenvalue weighted by Gasteiger charge is 2.09. The maximum atomic E-state index is 13.0. The Morgan fingerprint density at radius 1 is 0.952 bits per heavy atom. The Morgan fingerprint density at radius 3 is 2.48 bits per heavy atom. The van der Waals surface area contributed by atoms with Crippen molar-refractivity contribution < 1.29 is 8.81 Å². The first-order chi connectivity index (χ1) is 10.3. The fourth-order valence-electron chi connectivity index (χ4n) is 2.13. The zero-order chi connectivity index (χ0) is 14.2. The first-order valence-electron chi connectivity index (χ1n) is 6.31. The zero-order valence-corrected chi connectivity index (χ0v) is 10.8. The standard InChI is InChI=1S/C15H9FN4O/c16-11-3-1-10(2-4-11)15-19-13-7-12(5-6-14(13)21-15)20-8-17-18-9-20/h1-9H. The first-order valence-corrected chi connectivity index (χ1v) is 6.31. The summed E-state index contributed by atoms with van der Waals surface area (Å²) in [6.07, 6.45) is 3.23. The highest BCUT2D eigenvalue weighted by Crippen LogP contribution is 2.25. The largest absolute Gasteiger partial charge is 0.436 e. The van der Waals surface area contributed by atoms with Gasteiger partial charge in [-0.1, -0.05) is 0 Å². The second-order valence-electron chi connectivity index (χ2n) is 4.55. The summed E-state index contributed by atoms with van der Waals surface area (Å²) >= 11 is 0. The number of hydrogen-bond acceptors (Lipinski definition) is 4. The van der Waals surface area contributed by atoms with Gasteiger partial charge in [0, 0.05) is 5.56 Å². The molecule has 0 atom stereocenters. The highest BCUT2D eigenvalue weighted by atomic mass is 19.1. The van der Waals surface area contributed by atoms with Crippen LogP contribution in [-0.2, 0) is 0 Å². The molecule has 2 heterocycles. The molecular formula is C15H9FN4O. The summed E-state index contributed by atoms with van der Waals surface area (Å²) in [5.41, 5.74) is 3.02. The molecule has 102 valence electrons. The van der Waals surface area contributed by atoms with Crippen LogP contribution >= 0.6 is 0 Å². The van der Waals surface area contributed by atoms with E-state index in [4.69, 9.17) is 4.42 Å². The zero-order valence-electron chi connectivity index (χ0n) is 10.8. The van der Waals surface area contributed by atoms with Gasteiger partial charge in [-0.25, -0.2) is 9.37 Å². The Morgan fingerprint density at radius 2 is 1.71 bits per heavy atom. The molecule has 0 aliphatic heterocycles. The van der Waals surface area contributed by atoms with E-state index in [-0.39, 0.29) is 5.82 Å². The number of hydrogen-bond donors (Lipinski definition) is 0. The van der Waals surface area contributed by atoms with Crippen LogP contribution in [0.1, 0.15) is 0 Å². The number of benzene rings is 2. The first kappa shape index (κ1) is 11.8. The predicted octanol–water partition coefficient (Wildman–Crippen LogP) is 3.21. The summed E-state index contributed by atoms with van der Waals surface area (Å²) in [6.45, 7) is 0. The molecule has 2 aromatic carbocycles. The van der Waals surface area contributed by atoms with Crippen LogP contribution in [0.3, 0.4) is 0 Å². The van der Waals surface area contributed by atoms with E-state index in [1.807, 2.05) is 18.2 Å². The molecule has 0 aliphatic rings. The van der Waals surface area contributed by atoms with Crippen LogP contribution in [0, 0.1) is 5.82 Å². The van der Waals surface area contributed by atoms with Gasteiger partial charge >= 0.3 is 0 Å². The lowest BCUT2D eigenvalue weighted by atomic mass is 10.2. The molecule has 2 aromatic heterocycles. The molecule has 0 amide bonds. The van der Waals surface area contributed by atoms with Gasteiger partial charge in [0.05, 0.1) is 5.69 Å². The summed E-state index contributed by atoms with van der Waals surface area (Å²) in [6, 6.07) is 11.7. The van der Waals surface area contributed by atoms with Gasteiger partial charge in [-0.05, 0) is 42.5 Å². The van der Waals surface area contributed by atoms with Crippen molar-refractivity contribution in [2.75, 3.05) is 0 Å². The SMILES string of the molecule is Fc1ccc(-c2nc3cc(-n4cnnc4)ccc3o2)cc1. The summed E-state index contributed by atoms with van der Waals surface area (Å²) in [5, 5.41) is 7.55. The summed E-state index contributed by atoms with van der Waals surface area (Å²) in [4.78, 5) is 4.44. The van der Waals surface area contributed by atoms with Crippen molar-refractivity contribution in [3.63, 3.8) is 0 Å². The van der Waals surface area contributed by atoms with E-state index in [2.05, 4.69) is 15.2 Å². The van der Waals surface area contributed by atoms with Gasteiger partial charge in [0.1, 0.15) is 24.0 Å². The molecule has 0 saturated heterocycles. The third kappa shape index (κ3) is 2.06. The second-order valence-corrected chi connectivity index (χ2v) is 4.55. The van der Waals surface area contributed by atoms with Crippen LogP contribution in [0.25, 0.3) is 28.2 Å². The van der Waals surface area contributed by atoms with Crippen molar-refractivity contribution in [1.82, 2.24) is 19.7 Å². The van der Waals surface area contributed by atoms with Crippen LogP contribution in [0.15, 0.2) is 59.5 Å². The van der Waals surface area contributed by atoms with E-state index in [0.29, 0.717) is 11.5 Å². The summed E-state index contributed by atoms with van der Waals surface area (Å²) in [5.74, 6) is 0.177. The molecular weight excluding hydrogens is 271 g/mol. The maximum absolute atomic E-state index is 13.0. The van der Waals surface area contributed by atoms with Crippen molar-refractivity contribution in [3.05, 3.63) is 60.9 Å². The summed E-state index contributed by atoms with van der Waals surface area (Å²) in [7, 11) is 0. The average Bonchev–Trinajstić information content (AvgIpc) is 3.16. The van der Waals surface area contributed by atoms with Gasteiger partial charge in [-0.3, -0.25) is 4.57 Å². The summed E-state index contributed by atoms with van der Waals surface area (Å²) < 4.78 is 20.4. The number of rotatable bonds is 2. The third-order valence-electron chi connectivity index (χ3n) is 3.18.